The summed E-state index contributed by atoms with van der Waals surface area (Å²) < 4.78 is 12.7. The fourth-order valence-corrected chi connectivity index (χ4v) is 1.82. The SMILES string of the molecule is O=C(NC[C@H](O)c1ccc(Cl)cc1)c1ccc(F)cc1. The summed E-state index contributed by atoms with van der Waals surface area (Å²) in [4.78, 5) is 11.8. The van der Waals surface area contributed by atoms with Crippen molar-refractivity contribution in [1.82, 2.24) is 5.32 Å². The monoisotopic (exact) mass is 293 g/mol. The largest absolute Gasteiger partial charge is 0.387 e. The van der Waals surface area contributed by atoms with Crippen molar-refractivity contribution < 1.29 is 14.3 Å². The first-order valence-corrected chi connectivity index (χ1v) is 6.41. The molecule has 0 aliphatic rings. The van der Waals surface area contributed by atoms with Gasteiger partial charge in [-0.3, -0.25) is 4.79 Å². The van der Waals surface area contributed by atoms with Crippen molar-refractivity contribution in [3.8, 4) is 0 Å². The van der Waals surface area contributed by atoms with Gasteiger partial charge in [-0.1, -0.05) is 23.7 Å². The highest BCUT2D eigenvalue weighted by molar-refractivity contribution is 6.30. The first-order valence-electron chi connectivity index (χ1n) is 6.03. The van der Waals surface area contributed by atoms with Crippen LogP contribution in [0.15, 0.2) is 48.5 Å². The van der Waals surface area contributed by atoms with Gasteiger partial charge in [0.2, 0.25) is 0 Å². The topological polar surface area (TPSA) is 49.3 Å². The number of aliphatic hydroxyl groups excluding tert-OH is 1. The Hall–Kier alpha value is -1.91. The summed E-state index contributed by atoms with van der Waals surface area (Å²) in [5.74, 6) is -0.763. The molecule has 104 valence electrons. The lowest BCUT2D eigenvalue weighted by atomic mass is 10.1. The molecule has 0 aliphatic carbocycles. The van der Waals surface area contributed by atoms with E-state index < -0.39 is 11.9 Å². The first kappa shape index (κ1) is 14.5. The standard InChI is InChI=1S/C15H13ClFNO2/c16-12-5-1-10(2-6-12)14(19)9-18-15(20)11-3-7-13(17)8-4-11/h1-8,14,19H,9H2,(H,18,20)/t14-/m0/s1. The molecule has 2 aromatic rings. The molecule has 0 unspecified atom stereocenters. The van der Waals surface area contributed by atoms with Gasteiger partial charge < -0.3 is 10.4 Å². The number of nitrogens with one attached hydrogen (secondary N) is 1. The van der Waals surface area contributed by atoms with Crippen LogP contribution in [0, 0.1) is 5.82 Å². The van der Waals surface area contributed by atoms with Crippen molar-refractivity contribution >= 4 is 17.5 Å². The van der Waals surface area contributed by atoms with Gasteiger partial charge in [-0.05, 0) is 42.0 Å². The number of aliphatic hydroxyl groups is 1. The average molecular weight is 294 g/mol. The van der Waals surface area contributed by atoms with Crippen LogP contribution >= 0.6 is 11.6 Å². The van der Waals surface area contributed by atoms with Crippen molar-refractivity contribution in [3.05, 3.63) is 70.5 Å². The van der Waals surface area contributed by atoms with Gasteiger partial charge in [0.25, 0.3) is 5.91 Å². The minimum atomic E-state index is -0.823. The second-order valence-corrected chi connectivity index (χ2v) is 4.72. The average Bonchev–Trinajstić information content (AvgIpc) is 2.46. The van der Waals surface area contributed by atoms with Gasteiger partial charge in [0, 0.05) is 17.1 Å². The minimum Gasteiger partial charge on any atom is -0.387 e. The molecule has 2 aromatic carbocycles. The molecule has 3 nitrogen and oxygen atoms in total. The molecular formula is C15H13ClFNO2. The number of hydrogen-bond acceptors (Lipinski definition) is 2. The number of carbonyl (C=O) groups excluding carboxylic acids is 1. The van der Waals surface area contributed by atoms with Gasteiger partial charge in [0.05, 0.1) is 6.10 Å². The minimum absolute atomic E-state index is 0.0673. The third kappa shape index (κ3) is 3.79. The Bertz CT molecular complexity index is 584. The summed E-state index contributed by atoms with van der Waals surface area (Å²) >= 11 is 5.75. The summed E-state index contributed by atoms with van der Waals surface area (Å²) in [6.07, 6.45) is -0.823. The van der Waals surface area contributed by atoms with Gasteiger partial charge in [-0.2, -0.15) is 0 Å². The summed E-state index contributed by atoms with van der Waals surface area (Å²) in [6, 6.07) is 11.9. The van der Waals surface area contributed by atoms with E-state index in [0.717, 1.165) is 0 Å². The Labute approximate surface area is 121 Å². The fourth-order valence-electron chi connectivity index (χ4n) is 1.70. The van der Waals surface area contributed by atoms with Gasteiger partial charge >= 0.3 is 0 Å². The number of benzene rings is 2. The van der Waals surface area contributed by atoms with Crippen LogP contribution in [0.25, 0.3) is 0 Å². The van der Waals surface area contributed by atoms with Crippen molar-refractivity contribution in [2.75, 3.05) is 6.54 Å². The highest BCUT2D eigenvalue weighted by Gasteiger charge is 2.10. The smallest absolute Gasteiger partial charge is 0.251 e. The molecule has 0 fully saturated rings. The molecule has 2 N–H and O–H groups in total. The van der Waals surface area contributed by atoms with E-state index in [-0.39, 0.29) is 12.5 Å². The second-order valence-electron chi connectivity index (χ2n) is 4.28. The molecule has 0 heterocycles. The maximum absolute atomic E-state index is 12.7. The van der Waals surface area contributed by atoms with Gasteiger partial charge in [0.1, 0.15) is 5.82 Å². The van der Waals surface area contributed by atoms with Crippen molar-refractivity contribution in [3.63, 3.8) is 0 Å². The van der Waals surface area contributed by atoms with Crippen LogP contribution in [0.1, 0.15) is 22.0 Å². The molecular weight excluding hydrogens is 281 g/mol. The van der Waals surface area contributed by atoms with Gasteiger partial charge in [0.15, 0.2) is 0 Å². The molecule has 20 heavy (non-hydrogen) atoms. The molecule has 1 atom stereocenters. The molecule has 0 aliphatic heterocycles. The predicted molar refractivity (Wildman–Crippen MR) is 75.1 cm³/mol. The van der Waals surface area contributed by atoms with Crippen LogP contribution < -0.4 is 5.32 Å². The Morgan fingerprint density at radius 1 is 1.15 bits per heavy atom. The Kier molecular flexibility index (Phi) is 4.71. The fraction of sp³-hybridized carbons (Fsp3) is 0.133. The van der Waals surface area contributed by atoms with E-state index in [0.29, 0.717) is 16.1 Å². The van der Waals surface area contributed by atoms with Crippen molar-refractivity contribution in [2.24, 2.45) is 0 Å². The van der Waals surface area contributed by atoms with Crippen LogP contribution in [-0.4, -0.2) is 17.6 Å². The lowest BCUT2D eigenvalue weighted by Gasteiger charge is -2.12. The van der Waals surface area contributed by atoms with Crippen molar-refractivity contribution in [1.29, 1.82) is 0 Å². The molecule has 0 bridgehead atoms. The summed E-state index contributed by atoms with van der Waals surface area (Å²) in [5.41, 5.74) is 1.00. The lowest BCUT2D eigenvalue weighted by Crippen LogP contribution is -2.28. The van der Waals surface area contributed by atoms with E-state index in [2.05, 4.69) is 5.32 Å². The highest BCUT2D eigenvalue weighted by Crippen LogP contribution is 2.15. The Morgan fingerprint density at radius 2 is 1.75 bits per heavy atom. The number of hydrogen-bond donors (Lipinski definition) is 2. The number of amides is 1. The molecule has 0 radical (unpaired) electrons. The number of rotatable bonds is 4. The van der Waals surface area contributed by atoms with E-state index in [1.54, 1.807) is 24.3 Å². The van der Waals surface area contributed by atoms with E-state index in [9.17, 15) is 14.3 Å². The first-order chi connectivity index (χ1) is 9.56. The third-order valence-electron chi connectivity index (χ3n) is 2.82. The Morgan fingerprint density at radius 3 is 2.35 bits per heavy atom. The molecule has 0 spiro atoms. The van der Waals surface area contributed by atoms with Gasteiger partial charge in [-0.15, -0.1) is 0 Å². The summed E-state index contributed by atoms with van der Waals surface area (Å²) in [6.45, 7) is 0.0673. The molecule has 1 amide bonds. The van der Waals surface area contributed by atoms with Crippen LogP contribution in [0.4, 0.5) is 4.39 Å². The molecule has 0 saturated heterocycles. The van der Waals surface area contributed by atoms with Crippen LogP contribution in [0.3, 0.4) is 0 Å². The molecule has 0 saturated carbocycles. The van der Waals surface area contributed by atoms with Crippen LogP contribution in [0.5, 0.6) is 0 Å². The van der Waals surface area contributed by atoms with Crippen LogP contribution in [0.2, 0.25) is 5.02 Å². The maximum atomic E-state index is 12.7. The van der Waals surface area contributed by atoms with Crippen molar-refractivity contribution in [2.45, 2.75) is 6.10 Å². The zero-order valence-corrected chi connectivity index (χ0v) is 11.3. The van der Waals surface area contributed by atoms with Gasteiger partial charge in [-0.25, -0.2) is 4.39 Å². The third-order valence-corrected chi connectivity index (χ3v) is 3.07. The van der Waals surface area contributed by atoms with Crippen LogP contribution in [-0.2, 0) is 0 Å². The lowest BCUT2D eigenvalue weighted by molar-refractivity contribution is 0.0916. The number of halogens is 2. The quantitative estimate of drug-likeness (QED) is 0.910. The molecule has 0 aromatic heterocycles. The number of carbonyl (C=O) groups is 1. The molecule has 5 heteroatoms. The second kappa shape index (κ2) is 6.50. The highest BCUT2D eigenvalue weighted by atomic mass is 35.5. The van der Waals surface area contributed by atoms with E-state index in [1.165, 1.54) is 24.3 Å². The predicted octanol–water partition coefficient (Wildman–Crippen LogP) is 2.94. The zero-order valence-electron chi connectivity index (χ0n) is 10.5. The zero-order chi connectivity index (χ0) is 14.5. The normalized spacial score (nSPS) is 11.9. The van der Waals surface area contributed by atoms with E-state index >= 15 is 0 Å². The molecule has 2 rings (SSSR count). The summed E-state index contributed by atoms with van der Waals surface area (Å²) in [5, 5.41) is 13.1. The Balaban J connectivity index is 1.92. The summed E-state index contributed by atoms with van der Waals surface area (Å²) in [7, 11) is 0. The van der Waals surface area contributed by atoms with E-state index in [1.807, 2.05) is 0 Å². The maximum Gasteiger partial charge on any atom is 0.251 e. The van der Waals surface area contributed by atoms with E-state index in [4.69, 9.17) is 11.6 Å².